The number of nitrogens with one attached hydrogen (secondary N) is 1. The summed E-state index contributed by atoms with van der Waals surface area (Å²) in [5.74, 6) is 1.02. The molecule has 17 heavy (non-hydrogen) atoms. The van der Waals surface area contributed by atoms with Gasteiger partial charge in [-0.3, -0.25) is 4.99 Å². The van der Waals surface area contributed by atoms with E-state index in [1.807, 2.05) is 7.05 Å². The topological polar surface area (TPSA) is 27.6 Å². The van der Waals surface area contributed by atoms with Crippen molar-refractivity contribution in [1.82, 2.24) is 10.2 Å². The number of hydrogen-bond acceptors (Lipinski definition) is 1. The molecule has 0 rings (SSSR count). The average molecular weight is 241 g/mol. The maximum absolute atomic E-state index is 4.31. The second-order valence-corrected chi connectivity index (χ2v) is 5.91. The number of unbranched alkanes of at least 4 members (excludes halogenated alkanes) is 1. The molecule has 0 amide bonds. The molecule has 0 aromatic rings. The summed E-state index contributed by atoms with van der Waals surface area (Å²) in [7, 11) is 3.96. The first kappa shape index (κ1) is 16.3. The Hall–Kier alpha value is -0.730. The zero-order valence-corrected chi connectivity index (χ0v) is 12.6. The summed E-state index contributed by atoms with van der Waals surface area (Å²) in [6.45, 7) is 11.2. The molecule has 0 unspecified atom stereocenters. The van der Waals surface area contributed by atoms with E-state index in [2.05, 4.69) is 50.0 Å². The second-order valence-electron chi connectivity index (χ2n) is 5.91. The number of aliphatic imine (C=N–C) groups is 1. The quantitative estimate of drug-likeness (QED) is 0.439. The lowest BCUT2D eigenvalue weighted by Gasteiger charge is -2.23. The molecule has 0 atom stereocenters. The van der Waals surface area contributed by atoms with E-state index in [1.165, 1.54) is 25.7 Å². The molecule has 1 N–H and O–H groups in total. The summed E-state index contributed by atoms with van der Waals surface area (Å²) in [4.78, 5) is 6.52. The zero-order valence-electron chi connectivity index (χ0n) is 12.6. The largest absolute Gasteiger partial charge is 0.356 e. The van der Waals surface area contributed by atoms with Crippen molar-refractivity contribution in [2.45, 2.75) is 53.4 Å². The fourth-order valence-corrected chi connectivity index (χ4v) is 1.70. The van der Waals surface area contributed by atoms with Crippen molar-refractivity contribution in [3.8, 4) is 0 Å². The summed E-state index contributed by atoms with van der Waals surface area (Å²) < 4.78 is 0. The average Bonchev–Trinajstić information content (AvgIpc) is 2.24. The molecule has 0 aliphatic rings. The Morgan fingerprint density at radius 1 is 1.24 bits per heavy atom. The summed E-state index contributed by atoms with van der Waals surface area (Å²) in [5, 5.41) is 3.43. The first-order valence-electron chi connectivity index (χ1n) is 6.82. The zero-order chi connectivity index (χ0) is 13.3. The van der Waals surface area contributed by atoms with Crippen molar-refractivity contribution in [3.63, 3.8) is 0 Å². The first-order valence-corrected chi connectivity index (χ1v) is 6.82. The molecule has 0 fully saturated rings. The van der Waals surface area contributed by atoms with Gasteiger partial charge in [0, 0.05) is 27.2 Å². The standard InChI is InChI=1S/C14H31N3/c1-7-8-12-17(6)13(15-5)16-11-9-10-14(2,3)4/h7-12H2,1-6H3,(H,15,16). The van der Waals surface area contributed by atoms with Gasteiger partial charge in [-0.15, -0.1) is 0 Å². The number of guanidine groups is 1. The Morgan fingerprint density at radius 2 is 1.88 bits per heavy atom. The molecule has 0 bridgehead atoms. The van der Waals surface area contributed by atoms with Crippen LogP contribution in [0.15, 0.2) is 4.99 Å². The van der Waals surface area contributed by atoms with Crippen LogP contribution in [0.1, 0.15) is 53.4 Å². The van der Waals surface area contributed by atoms with Gasteiger partial charge < -0.3 is 10.2 Å². The molecule has 0 heterocycles. The van der Waals surface area contributed by atoms with E-state index in [4.69, 9.17) is 0 Å². The van der Waals surface area contributed by atoms with Gasteiger partial charge in [0.05, 0.1) is 0 Å². The van der Waals surface area contributed by atoms with Crippen LogP contribution in [0.3, 0.4) is 0 Å². The predicted octanol–water partition coefficient (Wildman–Crippen LogP) is 3.12. The SMILES string of the molecule is CCCCN(C)C(=NC)NCCCC(C)(C)C. The molecule has 0 aliphatic carbocycles. The minimum atomic E-state index is 0.430. The van der Waals surface area contributed by atoms with Crippen molar-refractivity contribution in [2.24, 2.45) is 10.4 Å². The molecule has 0 radical (unpaired) electrons. The third-order valence-electron chi connectivity index (χ3n) is 2.81. The monoisotopic (exact) mass is 241 g/mol. The molecule has 0 saturated carbocycles. The van der Waals surface area contributed by atoms with E-state index in [0.717, 1.165) is 19.0 Å². The Labute approximate surface area is 108 Å². The first-order chi connectivity index (χ1) is 7.90. The lowest BCUT2D eigenvalue weighted by atomic mass is 9.91. The van der Waals surface area contributed by atoms with E-state index >= 15 is 0 Å². The highest BCUT2D eigenvalue weighted by atomic mass is 15.3. The predicted molar refractivity (Wildman–Crippen MR) is 77.6 cm³/mol. The van der Waals surface area contributed by atoms with Crippen molar-refractivity contribution in [1.29, 1.82) is 0 Å². The fraction of sp³-hybridized carbons (Fsp3) is 0.929. The van der Waals surface area contributed by atoms with Crippen LogP contribution in [0.2, 0.25) is 0 Å². The van der Waals surface area contributed by atoms with Crippen LogP contribution in [0.5, 0.6) is 0 Å². The van der Waals surface area contributed by atoms with Gasteiger partial charge in [-0.2, -0.15) is 0 Å². The molecule has 0 aromatic heterocycles. The van der Waals surface area contributed by atoms with Gasteiger partial charge in [0.1, 0.15) is 0 Å². The number of nitrogens with zero attached hydrogens (tertiary/aromatic N) is 2. The Morgan fingerprint density at radius 3 is 2.35 bits per heavy atom. The van der Waals surface area contributed by atoms with Crippen LogP contribution in [0.4, 0.5) is 0 Å². The third-order valence-corrected chi connectivity index (χ3v) is 2.81. The lowest BCUT2D eigenvalue weighted by molar-refractivity contribution is 0.363. The highest BCUT2D eigenvalue weighted by Crippen LogP contribution is 2.19. The molecular weight excluding hydrogens is 210 g/mol. The molecule has 0 saturated heterocycles. The molecule has 0 spiro atoms. The number of rotatable bonds is 6. The summed E-state index contributed by atoms with van der Waals surface area (Å²) in [5.41, 5.74) is 0.430. The highest BCUT2D eigenvalue weighted by molar-refractivity contribution is 5.79. The van der Waals surface area contributed by atoms with Crippen molar-refractivity contribution in [2.75, 3.05) is 27.2 Å². The van der Waals surface area contributed by atoms with Crippen LogP contribution in [0, 0.1) is 5.41 Å². The van der Waals surface area contributed by atoms with Crippen LogP contribution < -0.4 is 5.32 Å². The minimum Gasteiger partial charge on any atom is -0.356 e. The maximum Gasteiger partial charge on any atom is 0.193 e. The van der Waals surface area contributed by atoms with Gasteiger partial charge in [0.2, 0.25) is 0 Å². The minimum absolute atomic E-state index is 0.430. The lowest BCUT2D eigenvalue weighted by Crippen LogP contribution is -2.39. The molecule has 102 valence electrons. The van der Waals surface area contributed by atoms with E-state index in [0.29, 0.717) is 5.41 Å². The van der Waals surface area contributed by atoms with Crippen molar-refractivity contribution in [3.05, 3.63) is 0 Å². The fourth-order valence-electron chi connectivity index (χ4n) is 1.70. The van der Waals surface area contributed by atoms with Gasteiger partial charge in [-0.1, -0.05) is 34.1 Å². The van der Waals surface area contributed by atoms with Gasteiger partial charge in [-0.05, 0) is 24.7 Å². The van der Waals surface area contributed by atoms with Crippen LogP contribution >= 0.6 is 0 Å². The highest BCUT2D eigenvalue weighted by Gasteiger charge is 2.10. The summed E-state index contributed by atoms with van der Waals surface area (Å²) in [6.07, 6.45) is 4.89. The van der Waals surface area contributed by atoms with Crippen molar-refractivity contribution >= 4 is 5.96 Å². The van der Waals surface area contributed by atoms with Crippen LogP contribution in [-0.4, -0.2) is 38.0 Å². The van der Waals surface area contributed by atoms with Crippen LogP contribution in [-0.2, 0) is 0 Å². The summed E-state index contributed by atoms with van der Waals surface area (Å²) in [6, 6.07) is 0. The van der Waals surface area contributed by atoms with Gasteiger partial charge in [-0.25, -0.2) is 0 Å². The molecular formula is C14H31N3. The second kappa shape index (κ2) is 8.37. The van der Waals surface area contributed by atoms with Gasteiger partial charge in [0.25, 0.3) is 0 Å². The van der Waals surface area contributed by atoms with Crippen LogP contribution in [0.25, 0.3) is 0 Å². The Bertz CT molecular complexity index is 216. The van der Waals surface area contributed by atoms with Gasteiger partial charge >= 0.3 is 0 Å². The Balaban J connectivity index is 3.83. The molecule has 3 nitrogen and oxygen atoms in total. The normalized spacial score (nSPS) is 12.7. The van der Waals surface area contributed by atoms with Gasteiger partial charge in [0.15, 0.2) is 5.96 Å². The van der Waals surface area contributed by atoms with Crippen molar-refractivity contribution < 1.29 is 0 Å². The maximum atomic E-state index is 4.31. The third kappa shape index (κ3) is 9.02. The smallest absolute Gasteiger partial charge is 0.193 e. The number of hydrogen-bond donors (Lipinski definition) is 1. The van der Waals surface area contributed by atoms with E-state index in [1.54, 1.807) is 0 Å². The molecule has 3 heteroatoms. The van der Waals surface area contributed by atoms with E-state index in [-0.39, 0.29) is 0 Å². The molecule has 0 aliphatic heterocycles. The van der Waals surface area contributed by atoms with E-state index in [9.17, 15) is 0 Å². The van der Waals surface area contributed by atoms with E-state index < -0.39 is 0 Å². The molecule has 0 aromatic carbocycles. The summed E-state index contributed by atoms with van der Waals surface area (Å²) >= 11 is 0. The Kier molecular flexibility index (Phi) is 8.01.